The van der Waals surface area contributed by atoms with Gasteiger partial charge in [-0.15, -0.1) is 0 Å². The van der Waals surface area contributed by atoms with Crippen molar-refractivity contribution in [2.45, 2.75) is 5.41 Å². The second-order valence-corrected chi connectivity index (χ2v) is 13.9. The van der Waals surface area contributed by atoms with E-state index < -0.39 is 5.41 Å². The fourth-order valence-corrected chi connectivity index (χ4v) is 9.37. The largest absolute Gasteiger partial charge is 0.456 e. The van der Waals surface area contributed by atoms with Crippen LogP contribution < -0.4 is 0 Å². The average molecular weight is 664 g/mol. The molecule has 1 unspecified atom stereocenters. The molecular formula is C48H29N3O. The Morgan fingerprint density at radius 1 is 0.442 bits per heavy atom. The van der Waals surface area contributed by atoms with Crippen LogP contribution in [0.15, 0.2) is 180 Å². The first kappa shape index (κ1) is 27.9. The predicted molar refractivity (Wildman–Crippen MR) is 212 cm³/mol. The minimum Gasteiger partial charge on any atom is -0.456 e. The molecule has 5 heterocycles. The van der Waals surface area contributed by atoms with Crippen molar-refractivity contribution < 1.29 is 4.42 Å². The molecule has 7 aromatic carbocycles. The van der Waals surface area contributed by atoms with Gasteiger partial charge < -0.3 is 8.98 Å². The molecule has 0 radical (unpaired) electrons. The standard InChI is InChI=1S/C48H29N3O/c1-2-12-30(13-3-1)48(39-18-6-9-22-43(39)51-42-21-8-4-14-33(42)35-16-10-19-40(48)46(35)51)31-23-25-44-37(28-31)38-29-32(24-26-45(38)52-44)50-41-20-7-5-15-34(41)36-17-11-27-49-47(36)50/h1-29H. The van der Waals surface area contributed by atoms with Gasteiger partial charge in [0.2, 0.25) is 0 Å². The lowest BCUT2D eigenvalue weighted by Gasteiger charge is -2.41. The molecule has 1 atom stereocenters. The highest BCUT2D eigenvalue weighted by Crippen LogP contribution is 2.54. The third-order valence-corrected chi connectivity index (χ3v) is 11.4. The molecule has 52 heavy (non-hydrogen) atoms. The molecule has 1 aliphatic heterocycles. The van der Waals surface area contributed by atoms with Crippen LogP contribution in [0.2, 0.25) is 0 Å². The minimum atomic E-state index is -0.589. The Hall–Kier alpha value is -6.91. The zero-order valence-corrected chi connectivity index (χ0v) is 28.0. The highest BCUT2D eigenvalue weighted by atomic mass is 16.3. The summed E-state index contributed by atoms with van der Waals surface area (Å²) in [6, 6.07) is 61.7. The van der Waals surface area contributed by atoms with E-state index in [1.807, 2.05) is 12.3 Å². The van der Waals surface area contributed by atoms with Gasteiger partial charge in [-0.25, -0.2) is 4.98 Å². The molecule has 242 valence electrons. The topological polar surface area (TPSA) is 35.9 Å². The van der Waals surface area contributed by atoms with Gasteiger partial charge in [-0.05, 0) is 82.9 Å². The molecule has 4 nitrogen and oxygen atoms in total. The maximum absolute atomic E-state index is 6.58. The molecule has 1 aliphatic rings. The quantitative estimate of drug-likeness (QED) is 0.189. The molecule has 0 spiro atoms. The van der Waals surface area contributed by atoms with Gasteiger partial charge in [0.25, 0.3) is 0 Å². The van der Waals surface area contributed by atoms with Crippen LogP contribution in [-0.2, 0) is 5.41 Å². The maximum Gasteiger partial charge on any atom is 0.145 e. The van der Waals surface area contributed by atoms with Crippen molar-refractivity contribution >= 4 is 65.7 Å². The van der Waals surface area contributed by atoms with Gasteiger partial charge in [0, 0.05) is 44.2 Å². The molecule has 0 N–H and O–H groups in total. The third kappa shape index (κ3) is 3.43. The molecule has 0 saturated heterocycles. The number of nitrogens with zero attached hydrogens (tertiary/aromatic N) is 3. The molecule has 0 aliphatic carbocycles. The van der Waals surface area contributed by atoms with Crippen LogP contribution in [-0.4, -0.2) is 14.1 Å². The third-order valence-electron chi connectivity index (χ3n) is 11.4. The lowest BCUT2D eigenvalue weighted by molar-refractivity contribution is 0.667. The van der Waals surface area contributed by atoms with Crippen LogP contribution >= 0.6 is 0 Å². The SMILES string of the molecule is c1ccc(C2(c3ccc4oc5ccc(-n6c7ccccc7c7cccnc76)cc5c4c3)c3ccccc3-n3c4ccccc4c4cccc2c43)cc1. The molecule has 0 amide bonds. The van der Waals surface area contributed by atoms with Crippen LogP contribution in [0.3, 0.4) is 0 Å². The molecule has 0 fully saturated rings. The number of aromatic nitrogens is 3. The molecule has 12 rings (SSSR count). The summed E-state index contributed by atoms with van der Waals surface area (Å²) in [4.78, 5) is 4.85. The second kappa shape index (κ2) is 10.1. The van der Waals surface area contributed by atoms with E-state index in [2.05, 4.69) is 173 Å². The van der Waals surface area contributed by atoms with E-state index in [1.165, 1.54) is 55.1 Å². The fraction of sp³-hybridized carbons (Fsp3) is 0.0208. The molecule has 4 aromatic heterocycles. The van der Waals surface area contributed by atoms with E-state index in [9.17, 15) is 0 Å². The van der Waals surface area contributed by atoms with Gasteiger partial charge in [-0.1, -0.05) is 109 Å². The minimum absolute atomic E-state index is 0.589. The summed E-state index contributed by atoms with van der Waals surface area (Å²) in [7, 11) is 0. The first-order chi connectivity index (χ1) is 25.8. The van der Waals surface area contributed by atoms with Gasteiger partial charge in [-0.3, -0.25) is 4.57 Å². The summed E-state index contributed by atoms with van der Waals surface area (Å²) in [6.07, 6.45) is 1.88. The monoisotopic (exact) mass is 663 g/mol. The summed E-state index contributed by atoms with van der Waals surface area (Å²) >= 11 is 0. The van der Waals surface area contributed by atoms with Gasteiger partial charge in [0.15, 0.2) is 0 Å². The summed E-state index contributed by atoms with van der Waals surface area (Å²) in [5, 5.41) is 7.04. The van der Waals surface area contributed by atoms with Crippen molar-refractivity contribution in [2.75, 3.05) is 0 Å². The summed E-state index contributed by atoms with van der Waals surface area (Å²) in [6.45, 7) is 0. The van der Waals surface area contributed by atoms with Crippen molar-refractivity contribution in [3.05, 3.63) is 198 Å². The Morgan fingerprint density at radius 2 is 1.10 bits per heavy atom. The Bertz CT molecular complexity index is 3200. The van der Waals surface area contributed by atoms with Crippen LogP contribution in [0.1, 0.15) is 22.3 Å². The van der Waals surface area contributed by atoms with Gasteiger partial charge in [0.05, 0.1) is 27.7 Å². The average Bonchev–Trinajstić information content (AvgIpc) is 3.87. The molecule has 0 bridgehead atoms. The Balaban J connectivity index is 1.19. The summed E-state index contributed by atoms with van der Waals surface area (Å²) in [5.74, 6) is 0. The molecular weight excluding hydrogens is 635 g/mol. The normalized spacial score (nSPS) is 15.4. The van der Waals surface area contributed by atoms with E-state index in [1.54, 1.807) is 0 Å². The molecule has 11 aromatic rings. The number of para-hydroxylation sites is 4. The van der Waals surface area contributed by atoms with E-state index >= 15 is 0 Å². The number of fused-ring (bicyclic) bond motifs is 11. The Labute approximate surface area is 298 Å². The number of pyridine rings is 1. The number of hydrogen-bond acceptors (Lipinski definition) is 2. The molecule has 0 saturated carbocycles. The smallest absolute Gasteiger partial charge is 0.145 e. The Morgan fingerprint density at radius 3 is 1.96 bits per heavy atom. The van der Waals surface area contributed by atoms with Crippen LogP contribution in [0.5, 0.6) is 0 Å². The summed E-state index contributed by atoms with van der Waals surface area (Å²) in [5.41, 5.74) is 12.9. The van der Waals surface area contributed by atoms with E-state index in [-0.39, 0.29) is 0 Å². The highest BCUT2D eigenvalue weighted by Gasteiger charge is 2.45. The Kier molecular flexibility index (Phi) is 5.40. The number of hydrogen-bond donors (Lipinski definition) is 0. The number of rotatable bonds is 3. The van der Waals surface area contributed by atoms with Crippen molar-refractivity contribution in [3.63, 3.8) is 0 Å². The first-order valence-electron chi connectivity index (χ1n) is 17.8. The predicted octanol–water partition coefficient (Wildman–Crippen LogP) is 11.9. The lowest BCUT2D eigenvalue weighted by atomic mass is 9.63. The first-order valence-corrected chi connectivity index (χ1v) is 17.8. The number of furan rings is 1. The van der Waals surface area contributed by atoms with Crippen LogP contribution in [0.25, 0.3) is 77.1 Å². The van der Waals surface area contributed by atoms with E-state index in [0.717, 1.165) is 44.2 Å². The van der Waals surface area contributed by atoms with E-state index in [0.29, 0.717) is 0 Å². The zero-order valence-electron chi connectivity index (χ0n) is 28.0. The fourth-order valence-electron chi connectivity index (χ4n) is 9.37. The lowest BCUT2D eigenvalue weighted by Crippen LogP contribution is -2.35. The molecule has 4 heteroatoms. The van der Waals surface area contributed by atoms with E-state index in [4.69, 9.17) is 9.40 Å². The zero-order chi connectivity index (χ0) is 34.0. The van der Waals surface area contributed by atoms with Crippen molar-refractivity contribution in [2.24, 2.45) is 0 Å². The van der Waals surface area contributed by atoms with Gasteiger partial charge >= 0.3 is 0 Å². The van der Waals surface area contributed by atoms with Gasteiger partial charge in [-0.2, -0.15) is 0 Å². The second-order valence-electron chi connectivity index (χ2n) is 13.9. The van der Waals surface area contributed by atoms with Crippen molar-refractivity contribution in [1.29, 1.82) is 0 Å². The van der Waals surface area contributed by atoms with Crippen molar-refractivity contribution in [3.8, 4) is 11.4 Å². The van der Waals surface area contributed by atoms with Crippen molar-refractivity contribution in [1.82, 2.24) is 14.1 Å². The maximum atomic E-state index is 6.58. The van der Waals surface area contributed by atoms with Crippen LogP contribution in [0, 0.1) is 0 Å². The van der Waals surface area contributed by atoms with Crippen LogP contribution in [0.4, 0.5) is 0 Å². The number of benzene rings is 7. The summed E-state index contributed by atoms with van der Waals surface area (Å²) < 4.78 is 11.3. The van der Waals surface area contributed by atoms with Gasteiger partial charge in [0.1, 0.15) is 16.8 Å². The highest BCUT2D eigenvalue weighted by molar-refractivity contribution is 6.13.